The third-order valence-corrected chi connectivity index (χ3v) is 6.14. The molecule has 8 nitrogen and oxygen atoms in total. The summed E-state index contributed by atoms with van der Waals surface area (Å²) in [5.74, 6) is 0.607. The molecule has 1 aromatic heterocycles. The highest BCUT2D eigenvalue weighted by Gasteiger charge is 2.28. The molecule has 1 aliphatic heterocycles. The van der Waals surface area contributed by atoms with Gasteiger partial charge in [0.25, 0.3) is 5.91 Å². The summed E-state index contributed by atoms with van der Waals surface area (Å²) in [5, 5.41) is 4.80. The summed E-state index contributed by atoms with van der Waals surface area (Å²) in [6.07, 6.45) is -0.338. The molecule has 0 radical (unpaired) electrons. The lowest BCUT2D eigenvalue weighted by Gasteiger charge is -2.34. The quantitative estimate of drug-likeness (QED) is 0.571. The maximum absolute atomic E-state index is 13.6. The number of carbonyl (C=O) groups is 2. The smallest absolute Gasteiger partial charge is 0.409 e. The van der Waals surface area contributed by atoms with Gasteiger partial charge in [0, 0.05) is 31.7 Å². The van der Waals surface area contributed by atoms with Crippen molar-refractivity contribution in [3.63, 3.8) is 0 Å². The van der Waals surface area contributed by atoms with E-state index in [-0.39, 0.29) is 12.0 Å². The maximum atomic E-state index is 13.6. The SMILES string of the molecule is CCOC(=O)N1CCN(C(=O)c2cc(-c3ccc(C)c(C)c3)nn2-c2ccc(OC)cc2)CC1. The van der Waals surface area contributed by atoms with Crippen molar-refractivity contribution in [2.45, 2.75) is 20.8 Å². The normalized spacial score (nSPS) is 13.6. The molecule has 0 N–H and O–H groups in total. The zero-order chi connectivity index (χ0) is 24.2. The van der Waals surface area contributed by atoms with Crippen molar-refractivity contribution in [2.24, 2.45) is 0 Å². The van der Waals surface area contributed by atoms with E-state index in [1.807, 2.05) is 36.4 Å². The Bertz CT molecular complexity index is 1180. The summed E-state index contributed by atoms with van der Waals surface area (Å²) in [6, 6.07) is 15.5. The minimum Gasteiger partial charge on any atom is -0.497 e. The van der Waals surface area contributed by atoms with Crippen LogP contribution in [0, 0.1) is 13.8 Å². The second kappa shape index (κ2) is 9.99. The molecule has 0 aliphatic carbocycles. The van der Waals surface area contributed by atoms with Crippen LogP contribution in [0.15, 0.2) is 48.5 Å². The summed E-state index contributed by atoms with van der Waals surface area (Å²) in [5.41, 5.74) is 5.30. The first-order valence-corrected chi connectivity index (χ1v) is 11.4. The third-order valence-electron chi connectivity index (χ3n) is 6.14. The lowest BCUT2D eigenvalue weighted by atomic mass is 10.0. The first-order chi connectivity index (χ1) is 16.4. The zero-order valence-electron chi connectivity index (χ0n) is 20.1. The van der Waals surface area contributed by atoms with Gasteiger partial charge < -0.3 is 19.3 Å². The van der Waals surface area contributed by atoms with Crippen LogP contribution in [0.3, 0.4) is 0 Å². The van der Waals surface area contributed by atoms with E-state index < -0.39 is 0 Å². The largest absolute Gasteiger partial charge is 0.497 e. The first kappa shape index (κ1) is 23.4. The highest BCUT2D eigenvalue weighted by molar-refractivity contribution is 5.94. The molecule has 0 saturated carbocycles. The van der Waals surface area contributed by atoms with Gasteiger partial charge in [0.05, 0.1) is 25.1 Å². The second-order valence-corrected chi connectivity index (χ2v) is 8.30. The lowest BCUT2D eigenvalue weighted by molar-refractivity contribution is 0.0563. The van der Waals surface area contributed by atoms with Crippen LogP contribution >= 0.6 is 0 Å². The molecule has 2 amide bonds. The summed E-state index contributed by atoms with van der Waals surface area (Å²) in [6.45, 7) is 7.99. The zero-order valence-corrected chi connectivity index (χ0v) is 20.1. The number of methoxy groups -OCH3 is 1. The number of ether oxygens (including phenoxy) is 2. The minimum atomic E-state index is -0.338. The number of aromatic nitrogens is 2. The number of hydrogen-bond acceptors (Lipinski definition) is 5. The van der Waals surface area contributed by atoms with Gasteiger partial charge in [-0.15, -0.1) is 0 Å². The topological polar surface area (TPSA) is 76.9 Å². The van der Waals surface area contributed by atoms with E-state index in [1.54, 1.807) is 28.5 Å². The van der Waals surface area contributed by atoms with Gasteiger partial charge in [-0.3, -0.25) is 4.79 Å². The average molecular weight is 463 g/mol. The molecule has 34 heavy (non-hydrogen) atoms. The average Bonchev–Trinajstić information content (AvgIpc) is 3.31. The van der Waals surface area contributed by atoms with Crippen LogP contribution in [-0.4, -0.2) is 71.5 Å². The van der Waals surface area contributed by atoms with Crippen LogP contribution in [0.5, 0.6) is 5.75 Å². The Labute approximate surface area is 199 Å². The van der Waals surface area contributed by atoms with Gasteiger partial charge in [0.15, 0.2) is 0 Å². The van der Waals surface area contributed by atoms with Gasteiger partial charge in [-0.2, -0.15) is 5.10 Å². The Balaban J connectivity index is 1.66. The highest BCUT2D eigenvalue weighted by Crippen LogP contribution is 2.26. The molecule has 178 valence electrons. The molecular weight excluding hydrogens is 432 g/mol. The Morgan fingerprint density at radius 1 is 0.912 bits per heavy atom. The van der Waals surface area contributed by atoms with Crippen molar-refractivity contribution < 1.29 is 19.1 Å². The van der Waals surface area contributed by atoms with Crippen LogP contribution in [0.25, 0.3) is 16.9 Å². The monoisotopic (exact) mass is 462 g/mol. The number of hydrogen-bond donors (Lipinski definition) is 0. The lowest BCUT2D eigenvalue weighted by Crippen LogP contribution is -2.51. The number of nitrogens with zero attached hydrogens (tertiary/aromatic N) is 4. The number of piperazine rings is 1. The molecule has 0 atom stereocenters. The minimum absolute atomic E-state index is 0.123. The van der Waals surface area contributed by atoms with E-state index in [1.165, 1.54) is 11.1 Å². The van der Waals surface area contributed by atoms with Crippen molar-refractivity contribution in [1.82, 2.24) is 19.6 Å². The van der Waals surface area contributed by atoms with Crippen LogP contribution in [0.1, 0.15) is 28.5 Å². The van der Waals surface area contributed by atoms with Crippen molar-refractivity contribution in [3.05, 3.63) is 65.4 Å². The third kappa shape index (κ3) is 4.76. The van der Waals surface area contributed by atoms with Gasteiger partial charge >= 0.3 is 6.09 Å². The van der Waals surface area contributed by atoms with Gasteiger partial charge in [-0.1, -0.05) is 12.1 Å². The van der Waals surface area contributed by atoms with E-state index >= 15 is 0 Å². The Hall–Kier alpha value is -3.81. The van der Waals surface area contributed by atoms with E-state index in [4.69, 9.17) is 14.6 Å². The van der Waals surface area contributed by atoms with Crippen LogP contribution < -0.4 is 4.74 Å². The second-order valence-electron chi connectivity index (χ2n) is 8.30. The van der Waals surface area contributed by atoms with Gasteiger partial charge in [-0.05, 0) is 68.3 Å². The Morgan fingerprint density at radius 2 is 1.59 bits per heavy atom. The molecule has 0 bridgehead atoms. The molecule has 8 heteroatoms. The number of carbonyl (C=O) groups excluding carboxylic acids is 2. The summed E-state index contributed by atoms with van der Waals surface area (Å²) < 4.78 is 12.0. The molecule has 4 rings (SSSR count). The fourth-order valence-electron chi connectivity index (χ4n) is 3.96. The molecule has 1 saturated heterocycles. The van der Waals surface area contributed by atoms with Crippen molar-refractivity contribution in [1.29, 1.82) is 0 Å². The standard InChI is InChI=1S/C26H30N4O4/c1-5-34-26(32)29-14-12-28(13-15-29)25(31)24-17-23(20-7-6-18(2)19(3)16-20)27-30(24)21-8-10-22(33-4)11-9-21/h6-11,16-17H,5,12-15H2,1-4H3. The molecule has 3 aromatic rings. The number of amides is 2. The van der Waals surface area contributed by atoms with E-state index in [9.17, 15) is 9.59 Å². The summed E-state index contributed by atoms with van der Waals surface area (Å²) >= 11 is 0. The molecule has 1 aliphatic rings. The summed E-state index contributed by atoms with van der Waals surface area (Å²) in [4.78, 5) is 29.0. The highest BCUT2D eigenvalue weighted by atomic mass is 16.6. The fourth-order valence-corrected chi connectivity index (χ4v) is 3.96. The predicted molar refractivity (Wildman–Crippen MR) is 130 cm³/mol. The molecular formula is C26H30N4O4. The van der Waals surface area contributed by atoms with Crippen LogP contribution in [0.4, 0.5) is 4.79 Å². The molecule has 0 spiro atoms. The fraction of sp³-hybridized carbons (Fsp3) is 0.346. The number of benzene rings is 2. The van der Waals surface area contributed by atoms with E-state index in [0.29, 0.717) is 38.5 Å². The van der Waals surface area contributed by atoms with E-state index in [2.05, 4.69) is 26.0 Å². The first-order valence-electron chi connectivity index (χ1n) is 11.4. The molecule has 1 fully saturated rings. The van der Waals surface area contributed by atoms with Crippen LogP contribution in [-0.2, 0) is 4.74 Å². The van der Waals surface area contributed by atoms with Gasteiger partial charge in [0.1, 0.15) is 11.4 Å². The Morgan fingerprint density at radius 3 is 2.21 bits per heavy atom. The van der Waals surface area contributed by atoms with Gasteiger partial charge in [0.2, 0.25) is 0 Å². The van der Waals surface area contributed by atoms with Crippen molar-refractivity contribution >= 4 is 12.0 Å². The molecule has 2 aromatic carbocycles. The van der Waals surface area contributed by atoms with Gasteiger partial charge in [-0.25, -0.2) is 9.48 Å². The molecule has 0 unspecified atom stereocenters. The Kier molecular flexibility index (Phi) is 6.86. The van der Waals surface area contributed by atoms with Crippen molar-refractivity contribution in [2.75, 3.05) is 39.9 Å². The maximum Gasteiger partial charge on any atom is 0.409 e. The predicted octanol–water partition coefficient (Wildman–Crippen LogP) is 4.08. The van der Waals surface area contributed by atoms with E-state index in [0.717, 1.165) is 22.7 Å². The number of rotatable bonds is 5. The summed E-state index contributed by atoms with van der Waals surface area (Å²) in [7, 11) is 1.62. The van der Waals surface area contributed by atoms with Crippen LogP contribution in [0.2, 0.25) is 0 Å². The molecule has 2 heterocycles. The number of aryl methyl sites for hydroxylation is 2. The van der Waals surface area contributed by atoms with Crippen molar-refractivity contribution in [3.8, 4) is 22.7 Å².